The lowest BCUT2D eigenvalue weighted by Gasteiger charge is -2.55. The fraction of sp³-hybridized carbons (Fsp3) is 0.789. The molecule has 6 nitrogen and oxygen atoms in total. The summed E-state index contributed by atoms with van der Waals surface area (Å²) >= 11 is 1.39. The van der Waals surface area contributed by atoms with E-state index in [1.807, 2.05) is 13.8 Å². The molecule has 2 amide bonds. The average Bonchev–Trinajstić information content (AvgIpc) is 3.02. The van der Waals surface area contributed by atoms with Crippen LogP contribution in [0.4, 0.5) is 5.13 Å². The largest absolute Gasteiger partial charge is 0.344 e. The van der Waals surface area contributed by atoms with E-state index in [0.29, 0.717) is 22.9 Å². The van der Waals surface area contributed by atoms with Crippen LogP contribution in [0.1, 0.15) is 70.2 Å². The van der Waals surface area contributed by atoms with Crippen LogP contribution in [-0.2, 0) is 9.59 Å². The number of nitrogens with one attached hydrogen (secondary N) is 2. The van der Waals surface area contributed by atoms with Crippen LogP contribution in [-0.4, -0.2) is 28.1 Å². The van der Waals surface area contributed by atoms with Gasteiger partial charge < -0.3 is 5.32 Å². The van der Waals surface area contributed by atoms with Crippen molar-refractivity contribution in [1.29, 1.82) is 0 Å². The van der Waals surface area contributed by atoms with Crippen molar-refractivity contribution in [2.24, 2.45) is 23.2 Å². The van der Waals surface area contributed by atoms with Gasteiger partial charge in [-0.3, -0.25) is 14.9 Å². The third-order valence-electron chi connectivity index (χ3n) is 6.43. The van der Waals surface area contributed by atoms with E-state index in [2.05, 4.69) is 20.8 Å². The van der Waals surface area contributed by atoms with Crippen molar-refractivity contribution in [3.8, 4) is 0 Å². The van der Waals surface area contributed by atoms with Crippen molar-refractivity contribution in [3.05, 3.63) is 5.01 Å². The van der Waals surface area contributed by atoms with E-state index in [4.69, 9.17) is 0 Å². The quantitative estimate of drug-likeness (QED) is 0.826. The Labute approximate surface area is 158 Å². The number of nitrogens with zero attached hydrogens (tertiary/aromatic N) is 2. The summed E-state index contributed by atoms with van der Waals surface area (Å²) in [4.78, 5) is 25.5. The first kappa shape index (κ1) is 17.9. The van der Waals surface area contributed by atoms with Crippen molar-refractivity contribution >= 4 is 28.3 Å². The van der Waals surface area contributed by atoms with E-state index in [1.165, 1.54) is 30.6 Å². The van der Waals surface area contributed by atoms with Gasteiger partial charge in [0.05, 0.1) is 0 Å². The van der Waals surface area contributed by atoms with Crippen LogP contribution >= 0.6 is 11.3 Å². The van der Waals surface area contributed by atoms with Gasteiger partial charge in [0.25, 0.3) is 0 Å². The molecule has 5 rings (SSSR count). The minimum atomic E-state index is -0.568. The number of carbonyl (C=O) groups is 2. The van der Waals surface area contributed by atoms with Gasteiger partial charge in [-0.05, 0) is 63.2 Å². The number of amides is 2. The first-order valence-electron chi connectivity index (χ1n) is 9.80. The Kier molecular flexibility index (Phi) is 4.53. The zero-order valence-corrected chi connectivity index (χ0v) is 16.6. The molecule has 2 N–H and O–H groups in total. The second-order valence-corrected chi connectivity index (χ2v) is 9.99. The van der Waals surface area contributed by atoms with Crippen molar-refractivity contribution in [2.75, 3.05) is 5.32 Å². The highest BCUT2D eigenvalue weighted by molar-refractivity contribution is 7.15. The maximum Gasteiger partial charge on any atom is 0.248 e. The van der Waals surface area contributed by atoms with Gasteiger partial charge in [-0.15, -0.1) is 10.2 Å². The zero-order valence-electron chi connectivity index (χ0n) is 15.7. The van der Waals surface area contributed by atoms with E-state index >= 15 is 0 Å². The monoisotopic (exact) mass is 376 g/mol. The molecule has 142 valence electrons. The molecule has 0 unspecified atom stereocenters. The number of anilines is 1. The molecule has 0 saturated heterocycles. The van der Waals surface area contributed by atoms with Gasteiger partial charge in [0.2, 0.25) is 16.9 Å². The summed E-state index contributed by atoms with van der Waals surface area (Å²) in [7, 11) is 0. The number of carbonyl (C=O) groups excluding carboxylic acids is 2. The van der Waals surface area contributed by atoms with Crippen molar-refractivity contribution in [2.45, 2.75) is 71.3 Å². The molecule has 1 heterocycles. The van der Waals surface area contributed by atoms with Crippen LogP contribution in [0.25, 0.3) is 0 Å². The number of hydrogen-bond donors (Lipinski definition) is 2. The molecular weight excluding hydrogens is 348 g/mol. The van der Waals surface area contributed by atoms with E-state index in [1.54, 1.807) is 6.92 Å². The minimum Gasteiger partial charge on any atom is -0.344 e. The first-order chi connectivity index (χ1) is 12.3. The molecule has 4 aliphatic carbocycles. The summed E-state index contributed by atoms with van der Waals surface area (Å²) < 4.78 is 0. The normalized spacial score (nSPS) is 33.3. The third-order valence-corrected chi connectivity index (χ3v) is 7.56. The molecule has 1 aromatic heterocycles. The first-order valence-corrected chi connectivity index (χ1v) is 10.6. The number of hydrogen-bond acceptors (Lipinski definition) is 5. The van der Waals surface area contributed by atoms with Crippen LogP contribution in [0.2, 0.25) is 0 Å². The van der Waals surface area contributed by atoms with Gasteiger partial charge >= 0.3 is 0 Å². The van der Waals surface area contributed by atoms with Crippen molar-refractivity contribution < 1.29 is 9.59 Å². The molecule has 0 aliphatic heterocycles. The van der Waals surface area contributed by atoms with Gasteiger partial charge in [-0.25, -0.2) is 0 Å². The molecule has 1 aromatic rings. The van der Waals surface area contributed by atoms with E-state index in [-0.39, 0.29) is 23.1 Å². The van der Waals surface area contributed by atoms with Gasteiger partial charge in [0.15, 0.2) is 0 Å². The highest BCUT2D eigenvalue weighted by Crippen LogP contribution is 2.60. The average molecular weight is 377 g/mol. The highest BCUT2D eigenvalue weighted by Gasteiger charge is 2.54. The second-order valence-electron chi connectivity index (χ2n) is 8.98. The summed E-state index contributed by atoms with van der Waals surface area (Å²) in [5.41, 5.74) is -0.225. The van der Waals surface area contributed by atoms with Gasteiger partial charge in [0.1, 0.15) is 11.0 Å². The summed E-state index contributed by atoms with van der Waals surface area (Å²) in [6, 6.07) is -0.568. The SMILES string of the molecule is CC(C)c1nnc(NC(=O)[C@H](C)NC(=O)C23CC4CC(CC(C4)C2)C3)s1. The molecule has 0 aromatic carbocycles. The van der Waals surface area contributed by atoms with Crippen LogP contribution in [0, 0.1) is 23.2 Å². The second kappa shape index (κ2) is 6.59. The predicted octanol–water partition coefficient (Wildman–Crippen LogP) is 3.32. The Bertz CT molecular complexity index is 679. The van der Waals surface area contributed by atoms with E-state index < -0.39 is 6.04 Å². The standard InChI is InChI=1S/C19H28N4O2S/c1-10(2)16-22-23-18(26-16)21-15(24)11(3)20-17(25)19-7-12-4-13(8-19)6-14(5-12)9-19/h10-14H,4-9H2,1-3H3,(H,20,25)(H,21,23,24)/t11-,12?,13?,14?,19?/m0/s1. The van der Waals surface area contributed by atoms with Gasteiger partial charge in [-0.1, -0.05) is 25.2 Å². The lowest BCUT2D eigenvalue weighted by atomic mass is 9.49. The smallest absolute Gasteiger partial charge is 0.248 e. The molecular formula is C19H28N4O2S. The van der Waals surface area contributed by atoms with Gasteiger partial charge in [0, 0.05) is 11.3 Å². The lowest BCUT2D eigenvalue weighted by molar-refractivity contribution is -0.147. The number of aromatic nitrogens is 2. The third kappa shape index (κ3) is 3.26. The fourth-order valence-electron chi connectivity index (χ4n) is 5.54. The Balaban J connectivity index is 1.37. The summed E-state index contributed by atoms with van der Waals surface area (Å²) in [6.45, 7) is 5.83. The topological polar surface area (TPSA) is 84.0 Å². The molecule has 4 bridgehead atoms. The molecule has 4 fully saturated rings. The Morgan fingerprint density at radius 2 is 1.62 bits per heavy atom. The summed E-state index contributed by atoms with van der Waals surface area (Å²) in [6.07, 6.45) is 6.93. The molecule has 4 aliphatic rings. The lowest BCUT2D eigenvalue weighted by Crippen LogP contribution is -2.56. The van der Waals surface area contributed by atoms with Gasteiger partial charge in [-0.2, -0.15) is 0 Å². The minimum absolute atomic E-state index is 0.0828. The van der Waals surface area contributed by atoms with E-state index in [0.717, 1.165) is 24.3 Å². The van der Waals surface area contributed by atoms with Crippen LogP contribution < -0.4 is 10.6 Å². The van der Waals surface area contributed by atoms with E-state index in [9.17, 15) is 9.59 Å². The van der Waals surface area contributed by atoms with Crippen molar-refractivity contribution in [3.63, 3.8) is 0 Å². The van der Waals surface area contributed by atoms with Crippen LogP contribution in [0.15, 0.2) is 0 Å². The Hall–Kier alpha value is -1.50. The summed E-state index contributed by atoms with van der Waals surface area (Å²) in [5.74, 6) is 2.28. The highest BCUT2D eigenvalue weighted by atomic mass is 32.1. The maximum atomic E-state index is 13.0. The number of rotatable bonds is 5. The molecule has 1 atom stereocenters. The Morgan fingerprint density at radius 3 is 2.12 bits per heavy atom. The molecule has 4 saturated carbocycles. The predicted molar refractivity (Wildman–Crippen MR) is 101 cm³/mol. The zero-order chi connectivity index (χ0) is 18.5. The molecule has 0 spiro atoms. The maximum absolute atomic E-state index is 13.0. The molecule has 7 heteroatoms. The van der Waals surface area contributed by atoms with Crippen LogP contribution in [0.5, 0.6) is 0 Å². The molecule has 0 radical (unpaired) electrons. The Morgan fingerprint density at radius 1 is 1.04 bits per heavy atom. The summed E-state index contributed by atoms with van der Waals surface area (Å²) in [5, 5.41) is 15.3. The van der Waals surface area contributed by atoms with Crippen LogP contribution in [0.3, 0.4) is 0 Å². The fourth-order valence-corrected chi connectivity index (χ4v) is 6.28. The van der Waals surface area contributed by atoms with Crippen molar-refractivity contribution in [1.82, 2.24) is 15.5 Å². The molecule has 26 heavy (non-hydrogen) atoms.